The minimum absolute atomic E-state index is 0.0849. The van der Waals surface area contributed by atoms with Gasteiger partial charge < -0.3 is 9.84 Å². The van der Waals surface area contributed by atoms with Crippen molar-refractivity contribution in [2.24, 2.45) is 0 Å². The maximum atomic E-state index is 9.07. The van der Waals surface area contributed by atoms with Gasteiger partial charge in [-0.15, -0.1) is 0 Å². The first-order valence-corrected chi connectivity index (χ1v) is 6.60. The van der Waals surface area contributed by atoms with Crippen LogP contribution in [0.1, 0.15) is 23.6 Å². The van der Waals surface area contributed by atoms with Crippen molar-refractivity contribution in [1.82, 2.24) is 0 Å². The molecule has 0 unspecified atom stereocenters. The van der Waals surface area contributed by atoms with E-state index in [9.17, 15) is 0 Å². The zero-order valence-corrected chi connectivity index (χ0v) is 11.7. The second-order valence-corrected chi connectivity index (χ2v) is 4.73. The second kappa shape index (κ2) is 5.89. The van der Waals surface area contributed by atoms with Crippen molar-refractivity contribution in [2.75, 3.05) is 6.61 Å². The maximum absolute atomic E-state index is 9.07. The zero-order valence-electron chi connectivity index (χ0n) is 11.7. The Hall–Kier alpha value is -1.80. The van der Waals surface area contributed by atoms with Crippen LogP contribution in [0.3, 0.4) is 0 Å². The molecule has 0 amide bonds. The van der Waals surface area contributed by atoms with Gasteiger partial charge in [0.1, 0.15) is 5.75 Å². The molecule has 0 atom stereocenters. The lowest BCUT2D eigenvalue weighted by molar-refractivity contribution is 0.282. The SMILES string of the molecule is CCOc1c(C)cc(-c2ccc(CO)cc2)cc1C. The Morgan fingerprint density at radius 1 is 0.947 bits per heavy atom. The lowest BCUT2D eigenvalue weighted by atomic mass is 9.99. The molecule has 0 aliphatic carbocycles. The Bertz CT molecular complexity index is 533. The Morgan fingerprint density at radius 3 is 2.00 bits per heavy atom. The summed E-state index contributed by atoms with van der Waals surface area (Å²) in [6.45, 7) is 6.92. The Kier molecular flexibility index (Phi) is 4.23. The quantitative estimate of drug-likeness (QED) is 0.900. The van der Waals surface area contributed by atoms with Gasteiger partial charge in [-0.05, 0) is 60.7 Å². The van der Waals surface area contributed by atoms with Crippen LogP contribution in [0.25, 0.3) is 11.1 Å². The van der Waals surface area contributed by atoms with E-state index in [0.717, 1.165) is 28.0 Å². The number of hydrogen-bond acceptors (Lipinski definition) is 2. The summed E-state index contributed by atoms with van der Waals surface area (Å²) >= 11 is 0. The number of hydrogen-bond donors (Lipinski definition) is 1. The summed E-state index contributed by atoms with van der Waals surface area (Å²) in [5, 5.41) is 9.07. The summed E-state index contributed by atoms with van der Waals surface area (Å²) in [4.78, 5) is 0. The predicted octanol–water partition coefficient (Wildman–Crippen LogP) is 3.86. The van der Waals surface area contributed by atoms with Crippen molar-refractivity contribution in [1.29, 1.82) is 0 Å². The van der Waals surface area contributed by atoms with Crippen LogP contribution < -0.4 is 4.74 Å². The summed E-state index contributed by atoms with van der Waals surface area (Å²) in [5.41, 5.74) is 5.59. The van der Waals surface area contributed by atoms with Gasteiger partial charge in [0, 0.05) is 0 Å². The Labute approximate surface area is 114 Å². The van der Waals surface area contributed by atoms with Crippen LogP contribution in [0.15, 0.2) is 36.4 Å². The monoisotopic (exact) mass is 256 g/mol. The van der Waals surface area contributed by atoms with Crippen LogP contribution in [0.2, 0.25) is 0 Å². The fourth-order valence-corrected chi connectivity index (χ4v) is 2.29. The highest BCUT2D eigenvalue weighted by atomic mass is 16.5. The van der Waals surface area contributed by atoms with E-state index in [1.807, 2.05) is 31.2 Å². The van der Waals surface area contributed by atoms with Crippen LogP contribution in [-0.2, 0) is 6.61 Å². The topological polar surface area (TPSA) is 29.5 Å². The third-order valence-corrected chi connectivity index (χ3v) is 3.22. The van der Waals surface area contributed by atoms with E-state index in [4.69, 9.17) is 9.84 Å². The molecule has 0 saturated carbocycles. The molecule has 1 N–H and O–H groups in total. The molecule has 2 aromatic rings. The number of ether oxygens (including phenoxy) is 1. The van der Waals surface area contributed by atoms with Crippen molar-refractivity contribution >= 4 is 0 Å². The van der Waals surface area contributed by atoms with E-state index in [1.165, 1.54) is 5.56 Å². The van der Waals surface area contributed by atoms with Gasteiger partial charge >= 0.3 is 0 Å². The summed E-state index contributed by atoms with van der Waals surface area (Å²) < 4.78 is 5.66. The molecule has 100 valence electrons. The van der Waals surface area contributed by atoms with Crippen LogP contribution in [0.5, 0.6) is 5.75 Å². The molecule has 0 radical (unpaired) electrons. The molecule has 2 nitrogen and oxygen atoms in total. The number of rotatable bonds is 4. The molecule has 0 fully saturated rings. The molecule has 19 heavy (non-hydrogen) atoms. The molecule has 0 aromatic heterocycles. The first kappa shape index (κ1) is 13.6. The molecule has 0 heterocycles. The van der Waals surface area contributed by atoms with Crippen molar-refractivity contribution in [3.8, 4) is 16.9 Å². The van der Waals surface area contributed by atoms with Gasteiger partial charge in [0.25, 0.3) is 0 Å². The summed E-state index contributed by atoms with van der Waals surface area (Å²) in [7, 11) is 0. The normalized spacial score (nSPS) is 10.5. The average Bonchev–Trinajstić information content (AvgIpc) is 2.43. The maximum Gasteiger partial charge on any atom is 0.125 e. The molecule has 0 aliphatic heterocycles. The van der Waals surface area contributed by atoms with Crippen LogP contribution in [0, 0.1) is 13.8 Å². The standard InChI is InChI=1S/C17H20O2/c1-4-19-17-12(2)9-16(10-13(17)3)15-7-5-14(11-18)6-8-15/h5-10,18H,4,11H2,1-3H3. The molecule has 0 saturated heterocycles. The minimum atomic E-state index is 0.0849. The number of aryl methyl sites for hydroxylation is 2. The first-order valence-electron chi connectivity index (χ1n) is 6.60. The molecular formula is C17H20O2. The van der Waals surface area contributed by atoms with Crippen LogP contribution in [0.4, 0.5) is 0 Å². The minimum Gasteiger partial charge on any atom is -0.493 e. The van der Waals surface area contributed by atoms with Crippen molar-refractivity contribution in [2.45, 2.75) is 27.4 Å². The van der Waals surface area contributed by atoms with Crippen molar-refractivity contribution in [3.63, 3.8) is 0 Å². The lowest BCUT2D eigenvalue weighted by Gasteiger charge is -2.13. The van der Waals surface area contributed by atoms with Gasteiger partial charge in [-0.1, -0.05) is 24.3 Å². The van der Waals surface area contributed by atoms with E-state index >= 15 is 0 Å². The number of aliphatic hydroxyl groups excluding tert-OH is 1. The van der Waals surface area contributed by atoms with Crippen LogP contribution in [-0.4, -0.2) is 11.7 Å². The van der Waals surface area contributed by atoms with Crippen LogP contribution >= 0.6 is 0 Å². The lowest BCUT2D eigenvalue weighted by Crippen LogP contribution is -1.97. The number of aliphatic hydroxyl groups is 1. The van der Waals surface area contributed by atoms with Gasteiger partial charge in [0.2, 0.25) is 0 Å². The van der Waals surface area contributed by atoms with Gasteiger partial charge in [-0.3, -0.25) is 0 Å². The first-order chi connectivity index (χ1) is 9.15. The van der Waals surface area contributed by atoms with Gasteiger partial charge in [0.15, 0.2) is 0 Å². The van der Waals surface area contributed by atoms with E-state index in [0.29, 0.717) is 6.61 Å². The molecule has 0 spiro atoms. The van der Waals surface area contributed by atoms with Crippen molar-refractivity contribution < 1.29 is 9.84 Å². The Balaban J connectivity index is 2.39. The van der Waals surface area contributed by atoms with E-state index < -0.39 is 0 Å². The highest BCUT2D eigenvalue weighted by Crippen LogP contribution is 2.30. The fraction of sp³-hybridized carbons (Fsp3) is 0.294. The third kappa shape index (κ3) is 2.96. The molecular weight excluding hydrogens is 236 g/mol. The highest BCUT2D eigenvalue weighted by Gasteiger charge is 2.07. The summed E-state index contributed by atoms with van der Waals surface area (Å²) in [6, 6.07) is 12.3. The molecule has 2 aromatic carbocycles. The third-order valence-electron chi connectivity index (χ3n) is 3.22. The predicted molar refractivity (Wildman–Crippen MR) is 78.4 cm³/mol. The van der Waals surface area contributed by atoms with Crippen molar-refractivity contribution in [3.05, 3.63) is 53.1 Å². The van der Waals surface area contributed by atoms with E-state index in [1.54, 1.807) is 0 Å². The fourth-order valence-electron chi connectivity index (χ4n) is 2.29. The molecule has 0 aliphatic rings. The molecule has 2 heteroatoms. The smallest absolute Gasteiger partial charge is 0.125 e. The van der Waals surface area contributed by atoms with Gasteiger partial charge in [-0.25, -0.2) is 0 Å². The molecule has 0 bridgehead atoms. The number of benzene rings is 2. The average molecular weight is 256 g/mol. The largest absolute Gasteiger partial charge is 0.493 e. The second-order valence-electron chi connectivity index (χ2n) is 4.73. The van der Waals surface area contributed by atoms with Gasteiger partial charge in [0.05, 0.1) is 13.2 Å². The van der Waals surface area contributed by atoms with Gasteiger partial charge in [-0.2, -0.15) is 0 Å². The summed E-state index contributed by atoms with van der Waals surface area (Å²) in [5.74, 6) is 0.984. The molecule has 2 rings (SSSR count). The highest BCUT2D eigenvalue weighted by molar-refractivity contribution is 5.67. The van der Waals surface area contributed by atoms with E-state index in [2.05, 4.69) is 26.0 Å². The van der Waals surface area contributed by atoms with E-state index in [-0.39, 0.29) is 6.61 Å². The summed E-state index contributed by atoms with van der Waals surface area (Å²) in [6.07, 6.45) is 0. The zero-order chi connectivity index (χ0) is 13.8. The Morgan fingerprint density at radius 2 is 1.53 bits per heavy atom.